The first-order valence-electron chi connectivity index (χ1n) is 9.39. The summed E-state index contributed by atoms with van der Waals surface area (Å²) in [5.41, 5.74) is 9.40. The van der Waals surface area contributed by atoms with Crippen LogP contribution in [0.25, 0.3) is 16.9 Å². The van der Waals surface area contributed by atoms with E-state index < -0.39 is 0 Å². The molecule has 4 heterocycles. The highest BCUT2D eigenvalue weighted by atomic mass is 16.3. The number of benzene rings is 1. The number of aromatic hydroxyl groups is 1. The fourth-order valence-corrected chi connectivity index (χ4v) is 3.56. The molecule has 0 spiro atoms. The van der Waals surface area contributed by atoms with Gasteiger partial charge >= 0.3 is 0 Å². The van der Waals surface area contributed by atoms with Crippen molar-refractivity contribution in [1.82, 2.24) is 24.5 Å². The van der Waals surface area contributed by atoms with Crippen molar-refractivity contribution in [1.29, 1.82) is 0 Å². The Balaban J connectivity index is 1.42. The summed E-state index contributed by atoms with van der Waals surface area (Å²) in [5.74, 6) is 1.24. The normalized spacial score (nSPS) is 14.5. The lowest BCUT2D eigenvalue weighted by Crippen LogP contribution is -2.47. The van der Waals surface area contributed by atoms with Gasteiger partial charge in [-0.1, -0.05) is 0 Å². The van der Waals surface area contributed by atoms with Gasteiger partial charge in [0.15, 0.2) is 17.0 Å². The minimum absolute atomic E-state index is 0.273. The van der Waals surface area contributed by atoms with E-state index in [1.54, 1.807) is 30.9 Å². The molecule has 5 rings (SSSR count). The van der Waals surface area contributed by atoms with Gasteiger partial charge in [0.2, 0.25) is 5.95 Å². The Bertz CT molecular complexity index is 1130. The SMILES string of the molecule is Nc1nc(N2CCN(c3ccc(O)cc3)CC2)nc2c1ncn2-c1cccnc1. The van der Waals surface area contributed by atoms with Crippen LogP contribution < -0.4 is 15.5 Å². The molecule has 4 aromatic rings. The molecule has 9 heteroatoms. The summed E-state index contributed by atoms with van der Waals surface area (Å²) in [5, 5.41) is 9.48. The number of phenolic OH excluding ortho intramolecular Hbond substituents is 1. The van der Waals surface area contributed by atoms with E-state index in [2.05, 4.69) is 24.8 Å². The second-order valence-corrected chi connectivity index (χ2v) is 6.90. The van der Waals surface area contributed by atoms with Gasteiger partial charge in [-0.05, 0) is 36.4 Å². The first-order chi connectivity index (χ1) is 14.2. The van der Waals surface area contributed by atoms with E-state index in [4.69, 9.17) is 10.7 Å². The highest BCUT2D eigenvalue weighted by Crippen LogP contribution is 2.25. The monoisotopic (exact) mass is 388 g/mol. The standard InChI is InChI=1S/C20H20N8O/c21-18-17-19(28(13-23-17)15-2-1-7-22-12-15)25-20(24-18)27-10-8-26(9-11-27)14-3-5-16(29)6-4-14/h1-7,12-13,29H,8-11H2,(H2,21,24,25). The zero-order valence-electron chi connectivity index (χ0n) is 15.7. The molecule has 9 nitrogen and oxygen atoms in total. The quantitative estimate of drug-likeness (QED) is 0.547. The Hall–Kier alpha value is -3.88. The molecule has 3 aromatic heterocycles. The van der Waals surface area contributed by atoms with E-state index in [9.17, 15) is 5.11 Å². The highest BCUT2D eigenvalue weighted by Gasteiger charge is 2.22. The van der Waals surface area contributed by atoms with Crippen LogP contribution in [0.3, 0.4) is 0 Å². The largest absolute Gasteiger partial charge is 0.508 e. The molecule has 0 aliphatic carbocycles. The lowest BCUT2D eigenvalue weighted by molar-refractivity contribution is 0.475. The van der Waals surface area contributed by atoms with Crippen LogP contribution in [0.2, 0.25) is 0 Å². The van der Waals surface area contributed by atoms with Crippen molar-refractivity contribution in [2.45, 2.75) is 0 Å². The number of phenols is 1. The van der Waals surface area contributed by atoms with Crippen LogP contribution >= 0.6 is 0 Å². The Labute approximate surface area is 167 Å². The fraction of sp³-hybridized carbons (Fsp3) is 0.200. The van der Waals surface area contributed by atoms with E-state index in [1.807, 2.05) is 28.8 Å². The van der Waals surface area contributed by atoms with Gasteiger partial charge in [-0.15, -0.1) is 0 Å². The number of nitrogens with two attached hydrogens (primary N) is 1. The Morgan fingerprint density at radius 1 is 0.897 bits per heavy atom. The van der Waals surface area contributed by atoms with Gasteiger partial charge in [0.05, 0.1) is 11.9 Å². The van der Waals surface area contributed by atoms with Crippen LogP contribution in [0, 0.1) is 0 Å². The average molecular weight is 388 g/mol. The number of anilines is 3. The maximum atomic E-state index is 9.48. The van der Waals surface area contributed by atoms with E-state index in [0.29, 0.717) is 22.9 Å². The third-order valence-electron chi connectivity index (χ3n) is 5.11. The van der Waals surface area contributed by atoms with Gasteiger partial charge in [-0.3, -0.25) is 9.55 Å². The molecule has 1 aliphatic rings. The molecule has 0 unspecified atom stereocenters. The molecule has 1 aliphatic heterocycles. The van der Waals surface area contributed by atoms with Gasteiger partial charge in [0.25, 0.3) is 0 Å². The van der Waals surface area contributed by atoms with Crippen molar-refractivity contribution < 1.29 is 5.11 Å². The lowest BCUT2D eigenvalue weighted by atomic mass is 10.2. The Morgan fingerprint density at radius 2 is 1.66 bits per heavy atom. The zero-order chi connectivity index (χ0) is 19.8. The molecule has 0 radical (unpaired) electrons. The van der Waals surface area contributed by atoms with Crippen molar-refractivity contribution in [3.05, 3.63) is 55.1 Å². The summed E-state index contributed by atoms with van der Waals surface area (Å²) in [6.07, 6.45) is 5.18. The molecule has 0 atom stereocenters. The molecule has 3 N–H and O–H groups in total. The Morgan fingerprint density at radius 3 is 2.38 bits per heavy atom. The topological polar surface area (TPSA) is 109 Å². The number of rotatable bonds is 3. The van der Waals surface area contributed by atoms with Crippen molar-refractivity contribution >= 4 is 28.6 Å². The minimum Gasteiger partial charge on any atom is -0.508 e. The summed E-state index contributed by atoms with van der Waals surface area (Å²) < 4.78 is 1.87. The Kier molecular flexibility index (Phi) is 4.12. The molecular formula is C20H20N8O. The maximum Gasteiger partial charge on any atom is 0.229 e. The predicted molar refractivity (Wildman–Crippen MR) is 111 cm³/mol. The first-order valence-corrected chi connectivity index (χ1v) is 9.39. The summed E-state index contributed by atoms with van der Waals surface area (Å²) in [7, 11) is 0. The first kappa shape index (κ1) is 17.2. The van der Waals surface area contributed by atoms with Crippen LogP contribution in [-0.2, 0) is 0 Å². The molecule has 1 saturated heterocycles. The van der Waals surface area contributed by atoms with Gasteiger partial charge < -0.3 is 20.6 Å². The van der Waals surface area contributed by atoms with Gasteiger partial charge in [0, 0.05) is 38.1 Å². The lowest BCUT2D eigenvalue weighted by Gasteiger charge is -2.36. The second-order valence-electron chi connectivity index (χ2n) is 6.90. The number of piperazine rings is 1. The molecule has 146 valence electrons. The third-order valence-corrected chi connectivity index (χ3v) is 5.11. The summed E-state index contributed by atoms with van der Waals surface area (Å²) in [4.78, 5) is 22.2. The van der Waals surface area contributed by atoms with Crippen LogP contribution in [0.15, 0.2) is 55.1 Å². The van der Waals surface area contributed by atoms with Crippen molar-refractivity contribution in [3.63, 3.8) is 0 Å². The molecular weight excluding hydrogens is 368 g/mol. The van der Waals surface area contributed by atoms with Crippen LogP contribution in [0.4, 0.5) is 17.5 Å². The summed E-state index contributed by atoms with van der Waals surface area (Å²) >= 11 is 0. The predicted octanol–water partition coefficient (Wildman–Crippen LogP) is 1.82. The van der Waals surface area contributed by atoms with E-state index in [0.717, 1.165) is 37.6 Å². The number of fused-ring (bicyclic) bond motifs is 1. The number of imidazole rings is 1. The van der Waals surface area contributed by atoms with Crippen LogP contribution in [0.5, 0.6) is 5.75 Å². The van der Waals surface area contributed by atoms with Crippen molar-refractivity contribution in [3.8, 4) is 11.4 Å². The van der Waals surface area contributed by atoms with Gasteiger partial charge in [-0.2, -0.15) is 9.97 Å². The number of nitrogen functional groups attached to an aromatic ring is 1. The smallest absolute Gasteiger partial charge is 0.229 e. The molecule has 0 bridgehead atoms. The number of nitrogens with zero attached hydrogens (tertiary/aromatic N) is 7. The fourth-order valence-electron chi connectivity index (χ4n) is 3.56. The molecule has 29 heavy (non-hydrogen) atoms. The number of aromatic nitrogens is 5. The molecule has 1 aromatic carbocycles. The summed E-state index contributed by atoms with van der Waals surface area (Å²) in [6.45, 7) is 3.20. The van der Waals surface area contributed by atoms with Crippen molar-refractivity contribution in [2.75, 3.05) is 41.7 Å². The second kappa shape index (κ2) is 6.93. The molecule has 0 saturated carbocycles. The number of hydrogen-bond acceptors (Lipinski definition) is 8. The minimum atomic E-state index is 0.273. The van der Waals surface area contributed by atoms with Gasteiger partial charge in [0.1, 0.15) is 12.1 Å². The van der Waals surface area contributed by atoms with E-state index in [1.165, 1.54) is 0 Å². The summed E-state index contributed by atoms with van der Waals surface area (Å²) in [6, 6.07) is 11.1. The van der Waals surface area contributed by atoms with Gasteiger partial charge in [-0.25, -0.2) is 4.98 Å². The average Bonchev–Trinajstić information content (AvgIpc) is 3.20. The zero-order valence-corrected chi connectivity index (χ0v) is 15.7. The molecule has 0 amide bonds. The highest BCUT2D eigenvalue weighted by molar-refractivity contribution is 5.84. The number of hydrogen-bond donors (Lipinski definition) is 2. The van der Waals surface area contributed by atoms with E-state index in [-0.39, 0.29) is 5.75 Å². The maximum absolute atomic E-state index is 9.48. The van der Waals surface area contributed by atoms with Crippen molar-refractivity contribution in [2.24, 2.45) is 0 Å². The van der Waals surface area contributed by atoms with Crippen LogP contribution in [0.1, 0.15) is 0 Å². The van der Waals surface area contributed by atoms with Crippen LogP contribution in [-0.4, -0.2) is 55.8 Å². The van der Waals surface area contributed by atoms with E-state index >= 15 is 0 Å². The number of pyridine rings is 1. The third kappa shape index (κ3) is 3.16. The molecule has 1 fully saturated rings.